The number of nitrogens with zero attached hydrogens (tertiary/aromatic N) is 3. The molecule has 5 nitrogen and oxygen atoms in total. The van der Waals surface area contributed by atoms with Crippen LogP contribution in [0, 0.1) is 13.8 Å². The molecular weight excluding hydrogens is 274 g/mol. The van der Waals surface area contributed by atoms with Crippen LogP contribution in [0.2, 0.25) is 0 Å². The summed E-state index contributed by atoms with van der Waals surface area (Å²) in [4.78, 5) is 0. The van der Waals surface area contributed by atoms with E-state index in [4.69, 9.17) is 8.94 Å². The first-order valence-electron chi connectivity index (χ1n) is 6.17. The van der Waals surface area contributed by atoms with Gasteiger partial charge in [-0.05, 0) is 25.5 Å². The van der Waals surface area contributed by atoms with E-state index >= 15 is 0 Å². The van der Waals surface area contributed by atoms with Crippen molar-refractivity contribution in [3.05, 3.63) is 47.3 Å². The van der Waals surface area contributed by atoms with Crippen LogP contribution in [0.25, 0.3) is 11.5 Å². The fraction of sp³-hybridized carbons (Fsp3) is 0.214. The molecule has 0 atom stereocenters. The molecule has 0 aliphatic heterocycles. The fourth-order valence-corrected chi connectivity index (χ4v) is 2.46. The van der Waals surface area contributed by atoms with Crippen LogP contribution in [0.4, 0.5) is 0 Å². The van der Waals surface area contributed by atoms with Gasteiger partial charge in [0.1, 0.15) is 5.76 Å². The second kappa shape index (κ2) is 5.50. The lowest BCUT2D eigenvalue weighted by Gasteiger charge is -1.98. The Hall–Kier alpha value is -2.08. The molecule has 0 unspecified atom stereocenters. The average Bonchev–Trinajstić information content (AvgIpc) is 3.06. The van der Waals surface area contributed by atoms with Gasteiger partial charge in [0.05, 0.1) is 5.69 Å². The van der Waals surface area contributed by atoms with Crippen LogP contribution >= 0.6 is 11.8 Å². The third-order valence-electron chi connectivity index (χ3n) is 2.80. The SMILES string of the molecule is Cc1cc(CSc2nnc(-c3ccccc3C)o2)no1. The van der Waals surface area contributed by atoms with E-state index in [1.165, 1.54) is 11.8 Å². The van der Waals surface area contributed by atoms with E-state index in [2.05, 4.69) is 15.4 Å². The first-order chi connectivity index (χ1) is 9.72. The highest BCUT2D eigenvalue weighted by Crippen LogP contribution is 2.27. The molecule has 0 aliphatic rings. The van der Waals surface area contributed by atoms with Crippen LogP contribution in [0.5, 0.6) is 0 Å². The molecule has 0 saturated carbocycles. The van der Waals surface area contributed by atoms with Gasteiger partial charge in [0, 0.05) is 17.4 Å². The van der Waals surface area contributed by atoms with Gasteiger partial charge in [-0.25, -0.2) is 0 Å². The van der Waals surface area contributed by atoms with Crippen molar-refractivity contribution < 1.29 is 8.94 Å². The number of hydrogen-bond acceptors (Lipinski definition) is 6. The number of rotatable bonds is 4. The summed E-state index contributed by atoms with van der Waals surface area (Å²) in [6.45, 7) is 3.88. The highest BCUT2D eigenvalue weighted by Gasteiger charge is 2.11. The number of benzene rings is 1. The molecule has 1 aromatic carbocycles. The molecular formula is C14H13N3O2S. The van der Waals surface area contributed by atoms with Crippen LogP contribution in [-0.4, -0.2) is 15.4 Å². The smallest absolute Gasteiger partial charge is 0.277 e. The molecule has 3 aromatic rings. The molecule has 0 amide bonds. The van der Waals surface area contributed by atoms with Gasteiger partial charge in [0.25, 0.3) is 5.22 Å². The number of thioether (sulfide) groups is 1. The summed E-state index contributed by atoms with van der Waals surface area (Å²) in [6.07, 6.45) is 0. The van der Waals surface area contributed by atoms with Crippen molar-refractivity contribution in [1.29, 1.82) is 0 Å². The molecule has 0 aliphatic carbocycles. The lowest BCUT2D eigenvalue weighted by Crippen LogP contribution is -1.81. The van der Waals surface area contributed by atoms with E-state index in [1.807, 2.05) is 44.2 Å². The van der Waals surface area contributed by atoms with E-state index in [0.717, 1.165) is 22.6 Å². The number of aromatic nitrogens is 3. The van der Waals surface area contributed by atoms with E-state index in [9.17, 15) is 0 Å². The minimum atomic E-state index is 0.531. The van der Waals surface area contributed by atoms with Gasteiger partial charge >= 0.3 is 0 Å². The Bertz CT molecular complexity index is 721. The summed E-state index contributed by atoms with van der Waals surface area (Å²) in [6, 6.07) is 9.82. The molecule has 20 heavy (non-hydrogen) atoms. The Morgan fingerprint density at radius 3 is 2.75 bits per heavy atom. The number of aryl methyl sites for hydroxylation is 2. The van der Waals surface area contributed by atoms with Crippen molar-refractivity contribution in [3.63, 3.8) is 0 Å². The van der Waals surface area contributed by atoms with Gasteiger partial charge in [-0.15, -0.1) is 10.2 Å². The zero-order valence-electron chi connectivity index (χ0n) is 11.2. The molecule has 0 bridgehead atoms. The largest absolute Gasteiger partial charge is 0.411 e. The predicted molar refractivity (Wildman–Crippen MR) is 75.3 cm³/mol. The molecule has 2 heterocycles. The minimum absolute atomic E-state index is 0.531. The van der Waals surface area contributed by atoms with Crippen molar-refractivity contribution in [2.45, 2.75) is 24.8 Å². The second-order valence-corrected chi connectivity index (χ2v) is 5.33. The third-order valence-corrected chi connectivity index (χ3v) is 3.65. The maximum absolute atomic E-state index is 5.66. The van der Waals surface area contributed by atoms with Gasteiger partial charge < -0.3 is 8.94 Å². The van der Waals surface area contributed by atoms with E-state index in [1.54, 1.807) is 0 Å². The zero-order valence-corrected chi connectivity index (χ0v) is 12.0. The molecule has 0 fully saturated rings. The lowest BCUT2D eigenvalue weighted by molar-refractivity contribution is 0.392. The first kappa shape index (κ1) is 12.9. The summed E-state index contributed by atoms with van der Waals surface area (Å²) >= 11 is 1.45. The van der Waals surface area contributed by atoms with Crippen LogP contribution in [0.1, 0.15) is 17.0 Å². The molecule has 0 saturated heterocycles. The van der Waals surface area contributed by atoms with Crippen molar-refractivity contribution in [1.82, 2.24) is 15.4 Å². The van der Waals surface area contributed by atoms with Crippen molar-refractivity contribution >= 4 is 11.8 Å². The predicted octanol–water partition coefficient (Wildman–Crippen LogP) is 3.63. The van der Waals surface area contributed by atoms with Gasteiger partial charge in [-0.2, -0.15) is 0 Å². The monoisotopic (exact) mass is 287 g/mol. The quantitative estimate of drug-likeness (QED) is 0.683. The zero-order chi connectivity index (χ0) is 13.9. The van der Waals surface area contributed by atoms with Gasteiger partial charge in [-0.3, -0.25) is 0 Å². The minimum Gasteiger partial charge on any atom is -0.411 e. The van der Waals surface area contributed by atoms with Crippen LogP contribution < -0.4 is 0 Å². The molecule has 102 valence electrons. The maximum Gasteiger partial charge on any atom is 0.277 e. The highest BCUT2D eigenvalue weighted by atomic mass is 32.2. The van der Waals surface area contributed by atoms with Crippen molar-refractivity contribution in [3.8, 4) is 11.5 Å². The topological polar surface area (TPSA) is 65.0 Å². The summed E-state index contributed by atoms with van der Waals surface area (Å²) < 4.78 is 10.7. The van der Waals surface area contributed by atoms with E-state index in [-0.39, 0.29) is 0 Å². The third kappa shape index (κ3) is 2.75. The maximum atomic E-state index is 5.66. The number of hydrogen-bond donors (Lipinski definition) is 0. The Morgan fingerprint density at radius 1 is 1.15 bits per heavy atom. The molecule has 2 aromatic heterocycles. The average molecular weight is 287 g/mol. The summed E-state index contributed by atoms with van der Waals surface area (Å²) in [7, 11) is 0. The standard InChI is InChI=1S/C14H13N3O2S/c1-9-5-3-4-6-12(9)13-15-16-14(18-13)20-8-11-7-10(2)19-17-11/h3-7H,8H2,1-2H3. The molecule has 3 rings (SSSR count). The van der Waals surface area contributed by atoms with Crippen LogP contribution in [-0.2, 0) is 5.75 Å². The molecule has 0 spiro atoms. The van der Waals surface area contributed by atoms with E-state index < -0.39 is 0 Å². The Kier molecular flexibility index (Phi) is 3.56. The molecule has 0 N–H and O–H groups in total. The van der Waals surface area contributed by atoms with Gasteiger partial charge in [0.15, 0.2) is 0 Å². The van der Waals surface area contributed by atoms with Crippen LogP contribution in [0.15, 0.2) is 44.5 Å². The summed E-state index contributed by atoms with van der Waals surface area (Å²) in [5.74, 6) is 1.99. The highest BCUT2D eigenvalue weighted by molar-refractivity contribution is 7.98. The Labute approximate surface area is 120 Å². The summed E-state index contributed by atoms with van der Waals surface area (Å²) in [5.41, 5.74) is 2.94. The van der Waals surface area contributed by atoms with E-state index in [0.29, 0.717) is 16.9 Å². The summed E-state index contributed by atoms with van der Waals surface area (Å²) in [5, 5.41) is 12.6. The van der Waals surface area contributed by atoms with Crippen molar-refractivity contribution in [2.75, 3.05) is 0 Å². The molecule has 6 heteroatoms. The fourth-order valence-electron chi connectivity index (χ4n) is 1.81. The Morgan fingerprint density at radius 2 is 2.00 bits per heavy atom. The molecule has 0 radical (unpaired) electrons. The lowest BCUT2D eigenvalue weighted by atomic mass is 10.1. The van der Waals surface area contributed by atoms with Crippen LogP contribution in [0.3, 0.4) is 0 Å². The first-order valence-corrected chi connectivity index (χ1v) is 7.15. The van der Waals surface area contributed by atoms with Gasteiger partial charge in [-0.1, -0.05) is 35.1 Å². The second-order valence-electron chi connectivity index (χ2n) is 4.41. The van der Waals surface area contributed by atoms with Gasteiger partial charge in [0.2, 0.25) is 5.89 Å². The Balaban J connectivity index is 1.72. The van der Waals surface area contributed by atoms with Crippen molar-refractivity contribution in [2.24, 2.45) is 0 Å². The normalized spacial score (nSPS) is 10.9.